The average molecular weight is 418 g/mol. The molecule has 0 spiro atoms. The second kappa shape index (κ2) is 8.18. The fraction of sp³-hybridized carbons (Fsp3) is 0.316. The van der Waals surface area contributed by atoms with E-state index in [1.165, 1.54) is 10.6 Å². The maximum Gasteiger partial charge on any atom is 0.255 e. The third-order valence-electron chi connectivity index (χ3n) is 4.85. The van der Waals surface area contributed by atoms with E-state index in [0.717, 1.165) is 10.6 Å². The highest BCUT2D eigenvalue weighted by molar-refractivity contribution is 7.88. The topological polar surface area (TPSA) is 132 Å². The highest BCUT2D eigenvalue weighted by atomic mass is 32.2. The molecule has 1 aromatic carbocycles. The Morgan fingerprint density at radius 3 is 2.41 bits per heavy atom. The van der Waals surface area contributed by atoms with Crippen LogP contribution >= 0.6 is 0 Å². The van der Waals surface area contributed by atoms with E-state index in [0.29, 0.717) is 24.1 Å². The van der Waals surface area contributed by atoms with Crippen LogP contribution in [-0.4, -0.2) is 54.0 Å². The van der Waals surface area contributed by atoms with E-state index in [-0.39, 0.29) is 12.1 Å². The number of nitrogens with two attached hydrogens (primary N) is 1. The SMILES string of the molecule is CS(=O)(=O)N1CCCC(NC(=O)c2ccc(-n3ccccc3=O)cc2)C1C(N)=O. The van der Waals surface area contributed by atoms with Crippen molar-refractivity contribution >= 4 is 21.8 Å². The number of amides is 2. The lowest BCUT2D eigenvalue weighted by atomic mass is 9.97. The van der Waals surface area contributed by atoms with Crippen LogP contribution in [-0.2, 0) is 14.8 Å². The lowest BCUT2D eigenvalue weighted by Crippen LogP contribution is -2.61. The first-order valence-electron chi connectivity index (χ1n) is 9.03. The fourth-order valence-corrected chi connectivity index (χ4v) is 4.62. The van der Waals surface area contributed by atoms with Crippen molar-refractivity contribution < 1.29 is 18.0 Å². The van der Waals surface area contributed by atoms with Crippen molar-refractivity contribution in [3.63, 3.8) is 0 Å². The van der Waals surface area contributed by atoms with Gasteiger partial charge in [0.2, 0.25) is 15.9 Å². The molecule has 1 fully saturated rings. The highest BCUT2D eigenvalue weighted by Gasteiger charge is 2.40. The second-order valence-electron chi connectivity index (χ2n) is 6.90. The Bertz CT molecular complexity index is 1080. The van der Waals surface area contributed by atoms with Gasteiger partial charge in [0.1, 0.15) is 6.04 Å². The quantitative estimate of drug-likeness (QED) is 0.697. The molecule has 2 unspecified atom stereocenters. The number of primary amides is 1. The molecule has 0 aliphatic carbocycles. The van der Waals surface area contributed by atoms with Gasteiger partial charge in [-0.3, -0.25) is 19.0 Å². The molecule has 2 atom stereocenters. The van der Waals surface area contributed by atoms with Crippen molar-refractivity contribution in [3.8, 4) is 5.69 Å². The average Bonchev–Trinajstić information content (AvgIpc) is 2.67. The zero-order valence-corrected chi connectivity index (χ0v) is 16.6. The molecule has 1 aliphatic rings. The summed E-state index contributed by atoms with van der Waals surface area (Å²) < 4.78 is 26.4. The van der Waals surface area contributed by atoms with Gasteiger partial charge < -0.3 is 11.1 Å². The highest BCUT2D eigenvalue weighted by Crippen LogP contribution is 2.21. The molecular formula is C19H22N4O5S. The van der Waals surface area contributed by atoms with Crippen LogP contribution in [0.2, 0.25) is 0 Å². The summed E-state index contributed by atoms with van der Waals surface area (Å²) in [6.45, 7) is 0.180. The van der Waals surface area contributed by atoms with Crippen molar-refractivity contribution in [1.29, 1.82) is 0 Å². The molecule has 3 N–H and O–H groups in total. The van der Waals surface area contributed by atoms with Gasteiger partial charge in [0.15, 0.2) is 0 Å². The van der Waals surface area contributed by atoms with Crippen LogP contribution < -0.4 is 16.6 Å². The standard InChI is InChI=1S/C19H22N4O5S/c1-29(27,28)23-12-4-5-15(17(23)18(20)25)21-19(26)13-7-9-14(10-8-13)22-11-3-2-6-16(22)24/h2-3,6-11,15,17H,4-5,12H2,1H3,(H2,20,25)(H,21,26). The molecule has 154 valence electrons. The van der Waals surface area contributed by atoms with Crippen molar-refractivity contribution in [2.75, 3.05) is 12.8 Å². The predicted molar refractivity (Wildman–Crippen MR) is 107 cm³/mol. The van der Waals surface area contributed by atoms with E-state index in [1.807, 2.05) is 0 Å². The molecular weight excluding hydrogens is 396 g/mol. The molecule has 0 bridgehead atoms. The number of rotatable bonds is 5. The number of hydrogen-bond acceptors (Lipinski definition) is 5. The zero-order chi connectivity index (χ0) is 21.2. The van der Waals surface area contributed by atoms with E-state index in [2.05, 4.69) is 5.32 Å². The molecule has 0 radical (unpaired) electrons. The summed E-state index contributed by atoms with van der Waals surface area (Å²) in [5.74, 6) is -1.26. The van der Waals surface area contributed by atoms with Gasteiger partial charge in [0.05, 0.1) is 12.3 Å². The predicted octanol–water partition coefficient (Wildman–Crippen LogP) is -0.155. The van der Waals surface area contributed by atoms with E-state index in [1.54, 1.807) is 42.6 Å². The molecule has 0 saturated carbocycles. The zero-order valence-electron chi connectivity index (χ0n) is 15.8. The van der Waals surface area contributed by atoms with Crippen LogP contribution in [0.3, 0.4) is 0 Å². The summed E-state index contributed by atoms with van der Waals surface area (Å²) in [6, 6.07) is 9.31. The summed E-state index contributed by atoms with van der Waals surface area (Å²) in [4.78, 5) is 36.5. The van der Waals surface area contributed by atoms with Crippen molar-refractivity contribution in [2.24, 2.45) is 5.73 Å². The molecule has 2 heterocycles. The van der Waals surface area contributed by atoms with E-state index >= 15 is 0 Å². The minimum atomic E-state index is -3.64. The summed E-state index contributed by atoms with van der Waals surface area (Å²) in [6.07, 6.45) is 3.56. The largest absolute Gasteiger partial charge is 0.368 e. The summed E-state index contributed by atoms with van der Waals surface area (Å²) >= 11 is 0. The van der Waals surface area contributed by atoms with Gasteiger partial charge in [-0.15, -0.1) is 0 Å². The maximum atomic E-state index is 12.7. The van der Waals surface area contributed by atoms with Crippen molar-refractivity contribution in [3.05, 3.63) is 64.6 Å². The number of sulfonamides is 1. The molecule has 29 heavy (non-hydrogen) atoms. The number of benzene rings is 1. The van der Waals surface area contributed by atoms with Gasteiger partial charge in [-0.05, 0) is 43.2 Å². The van der Waals surface area contributed by atoms with Gasteiger partial charge in [0, 0.05) is 30.1 Å². The summed E-state index contributed by atoms with van der Waals surface area (Å²) in [5.41, 5.74) is 6.15. The number of piperidine rings is 1. The van der Waals surface area contributed by atoms with Gasteiger partial charge in [-0.1, -0.05) is 6.07 Å². The van der Waals surface area contributed by atoms with Crippen LogP contribution in [0.25, 0.3) is 5.69 Å². The van der Waals surface area contributed by atoms with E-state index < -0.39 is 33.9 Å². The molecule has 2 aromatic rings. The van der Waals surface area contributed by atoms with Gasteiger partial charge in [-0.25, -0.2) is 8.42 Å². The third-order valence-corrected chi connectivity index (χ3v) is 6.11. The number of pyridine rings is 1. The Morgan fingerprint density at radius 2 is 1.83 bits per heavy atom. The lowest BCUT2D eigenvalue weighted by molar-refractivity contribution is -0.123. The minimum absolute atomic E-state index is 0.180. The Morgan fingerprint density at radius 1 is 1.14 bits per heavy atom. The minimum Gasteiger partial charge on any atom is -0.368 e. The van der Waals surface area contributed by atoms with E-state index in [9.17, 15) is 22.8 Å². The summed E-state index contributed by atoms with van der Waals surface area (Å²) in [7, 11) is -3.64. The maximum absolute atomic E-state index is 12.7. The number of hydrogen-bond donors (Lipinski definition) is 2. The van der Waals surface area contributed by atoms with Gasteiger partial charge in [0.25, 0.3) is 11.5 Å². The molecule has 2 amide bonds. The van der Waals surface area contributed by atoms with Crippen LogP contribution in [0.15, 0.2) is 53.5 Å². The Labute approximate surface area is 168 Å². The number of nitrogens with zero attached hydrogens (tertiary/aromatic N) is 2. The lowest BCUT2D eigenvalue weighted by Gasteiger charge is -2.38. The van der Waals surface area contributed by atoms with E-state index in [4.69, 9.17) is 5.73 Å². The van der Waals surface area contributed by atoms with Crippen LogP contribution in [0.4, 0.5) is 0 Å². The van der Waals surface area contributed by atoms with Crippen molar-refractivity contribution in [2.45, 2.75) is 24.9 Å². The first-order chi connectivity index (χ1) is 13.7. The number of carbonyl (C=O) groups excluding carboxylic acids is 2. The second-order valence-corrected chi connectivity index (χ2v) is 8.83. The smallest absolute Gasteiger partial charge is 0.255 e. The monoisotopic (exact) mass is 418 g/mol. The molecule has 1 aromatic heterocycles. The van der Waals surface area contributed by atoms with Gasteiger partial charge >= 0.3 is 0 Å². The first-order valence-corrected chi connectivity index (χ1v) is 10.9. The Kier molecular flexibility index (Phi) is 5.85. The first kappa shape index (κ1) is 20.7. The molecule has 3 rings (SSSR count). The van der Waals surface area contributed by atoms with Gasteiger partial charge in [-0.2, -0.15) is 4.31 Å². The molecule has 1 aliphatic heterocycles. The fourth-order valence-electron chi connectivity index (χ4n) is 3.49. The normalized spacial score (nSPS) is 20.2. The van der Waals surface area contributed by atoms with Crippen LogP contribution in [0.5, 0.6) is 0 Å². The third kappa shape index (κ3) is 4.54. The molecule has 9 nitrogen and oxygen atoms in total. The summed E-state index contributed by atoms with van der Waals surface area (Å²) in [5, 5.41) is 2.72. The van der Waals surface area contributed by atoms with Crippen molar-refractivity contribution in [1.82, 2.24) is 14.2 Å². The van der Waals surface area contributed by atoms with Crippen LogP contribution in [0.1, 0.15) is 23.2 Å². The Balaban J connectivity index is 1.79. The number of aromatic nitrogens is 1. The number of nitrogens with one attached hydrogen (secondary N) is 1. The Hall–Kier alpha value is -2.98. The molecule has 1 saturated heterocycles. The van der Waals surface area contributed by atoms with Crippen LogP contribution in [0, 0.1) is 0 Å². The molecule has 10 heteroatoms. The number of carbonyl (C=O) groups is 2.